The largest absolute Gasteiger partial charge is 0.480 e. The third-order valence-corrected chi connectivity index (χ3v) is 2.94. The van der Waals surface area contributed by atoms with Crippen molar-refractivity contribution in [3.63, 3.8) is 0 Å². The quantitative estimate of drug-likeness (QED) is 0.799. The summed E-state index contributed by atoms with van der Waals surface area (Å²) >= 11 is 0. The normalized spacial score (nSPS) is 10.4. The molecule has 0 fully saturated rings. The van der Waals surface area contributed by atoms with Crippen molar-refractivity contribution in [3.05, 3.63) is 35.4 Å². The molecule has 0 aliphatic heterocycles. The van der Waals surface area contributed by atoms with Crippen LogP contribution in [0.15, 0.2) is 24.3 Å². The summed E-state index contributed by atoms with van der Waals surface area (Å²) in [5.41, 5.74) is 1.31. The highest BCUT2D eigenvalue weighted by Crippen LogP contribution is 2.10. The number of nitrogens with one attached hydrogen (secondary N) is 1. The zero-order valence-electron chi connectivity index (χ0n) is 13.1. The molecule has 6 nitrogen and oxygen atoms in total. The monoisotopic (exact) mass is 306 g/mol. The molecule has 0 aliphatic rings. The smallest absolute Gasteiger partial charge is 0.323 e. The molecule has 2 N–H and O–H groups in total. The predicted molar refractivity (Wildman–Crippen MR) is 82.3 cm³/mol. The Balaban J connectivity index is 2.80. The second-order valence-electron chi connectivity index (χ2n) is 5.58. The van der Waals surface area contributed by atoms with Crippen molar-refractivity contribution in [1.29, 1.82) is 0 Å². The van der Waals surface area contributed by atoms with Crippen LogP contribution in [0.3, 0.4) is 0 Å². The van der Waals surface area contributed by atoms with Gasteiger partial charge in [0.05, 0.1) is 0 Å². The van der Waals surface area contributed by atoms with Crippen LogP contribution in [0.25, 0.3) is 0 Å². The first kappa shape index (κ1) is 17.7. The molecular formula is C16H22N2O4. The Morgan fingerprint density at radius 1 is 1.18 bits per heavy atom. The maximum atomic E-state index is 12.4. The molecule has 0 unspecified atom stereocenters. The summed E-state index contributed by atoms with van der Waals surface area (Å²) in [5.74, 6) is -1.27. The average Bonchev–Trinajstić information content (AvgIpc) is 2.43. The number of carbonyl (C=O) groups is 3. The van der Waals surface area contributed by atoms with E-state index in [9.17, 15) is 14.4 Å². The Labute approximate surface area is 130 Å². The molecular weight excluding hydrogens is 284 g/mol. The maximum absolute atomic E-state index is 12.4. The molecule has 0 aromatic heterocycles. The lowest BCUT2D eigenvalue weighted by atomic mass is 10.1. The number of benzene rings is 1. The summed E-state index contributed by atoms with van der Waals surface area (Å²) in [6, 6.07) is 6.79. The first-order chi connectivity index (χ1) is 10.3. The molecule has 1 rings (SSSR count). The lowest BCUT2D eigenvalue weighted by Gasteiger charge is -2.22. The number of hydrogen-bond acceptors (Lipinski definition) is 3. The summed E-state index contributed by atoms with van der Waals surface area (Å²) in [6.07, 6.45) is 0. The lowest BCUT2D eigenvalue weighted by Crippen LogP contribution is -2.38. The average molecular weight is 306 g/mol. The van der Waals surface area contributed by atoms with E-state index in [1.165, 1.54) is 11.8 Å². The summed E-state index contributed by atoms with van der Waals surface area (Å²) < 4.78 is 0. The van der Waals surface area contributed by atoms with Crippen LogP contribution in [0.1, 0.15) is 36.7 Å². The first-order valence-electron chi connectivity index (χ1n) is 7.14. The van der Waals surface area contributed by atoms with Crippen molar-refractivity contribution in [3.8, 4) is 0 Å². The van der Waals surface area contributed by atoms with Crippen molar-refractivity contribution in [2.24, 2.45) is 5.92 Å². The predicted octanol–water partition coefficient (Wildman–Crippen LogP) is 1.51. The third-order valence-electron chi connectivity index (χ3n) is 2.94. The topological polar surface area (TPSA) is 86.7 Å². The number of carbonyl (C=O) groups excluding carboxylic acids is 2. The number of carboxylic acids is 1. The van der Waals surface area contributed by atoms with Gasteiger partial charge in [-0.2, -0.15) is 0 Å². The molecule has 6 heteroatoms. The van der Waals surface area contributed by atoms with Crippen LogP contribution in [-0.4, -0.2) is 40.9 Å². The van der Waals surface area contributed by atoms with Gasteiger partial charge in [0.1, 0.15) is 6.54 Å². The van der Waals surface area contributed by atoms with Crippen LogP contribution in [0.2, 0.25) is 0 Å². The van der Waals surface area contributed by atoms with Crippen LogP contribution in [-0.2, 0) is 16.1 Å². The van der Waals surface area contributed by atoms with Crippen LogP contribution < -0.4 is 5.32 Å². The second-order valence-corrected chi connectivity index (χ2v) is 5.58. The SMILES string of the molecule is CC(=O)NCc1ccc(C(=O)N(CC(=O)O)CC(C)C)cc1. The first-order valence-corrected chi connectivity index (χ1v) is 7.14. The Morgan fingerprint density at radius 3 is 2.23 bits per heavy atom. The number of carboxylic acid groups (broad SMARTS) is 1. The lowest BCUT2D eigenvalue weighted by molar-refractivity contribution is -0.137. The summed E-state index contributed by atoms with van der Waals surface area (Å²) in [7, 11) is 0. The van der Waals surface area contributed by atoms with Gasteiger partial charge in [0.15, 0.2) is 0 Å². The Hall–Kier alpha value is -2.37. The summed E-state index contributed by atoms with van der Waals surface area (Å²) in [6.45, 7) is 5.77. The van der Waals surface area contributed by atoms with E-state index in [0.29, 0.717) is 18.7 Å². The van der Waals surface area contributed by atoms with Crippen molar-refractivity contribution in [1.82, 2.24) is 10.2 Å². The number of aliphatic carboxylic acids is 1. The molecule has 120 valence electrons. The molecule has 0 saturated carbocycles. The van der Waals surface area contributed by atoms with Gasteiger partial charge >= 0.3 is 5.97 Å². The van der Waals surface area contributed by atoms with Crippen molar-refractivity contribution >= 4 is 17.8 Å². The van der Waals surface area contributed by atoms with Gasteiger partial charge < -0.3 is 15.3 Å². The van der Waals surface area contributed by atoms with Gasteiger partial charge in [0.2, 0.25) is 5.91 Å². The molecule has 1 aromatic rings. The Morgan fingerprint density at radius 2 is 1.77 bits per heavy atom. The fraction of sp³-hybridized carbons (Fsp3) is 0.438. The van der Waals surface area contributed by atoms with E-state index in [1.807, 2.05) is 13.8 Å². The molecule has 0 spiro atoms. The molecule has 0 aliphatic carbocycles. The van der Waals surface area contributed by atoms with E-state index < -0.39 is 5.97 Å². The number of amides is 2. The highest BCUT2D eigenvalue weighted by Gasteiger charge is 2.19. The van der Waals surface area contributed by atoms with Crippen LogP contribution in [0.5, 0.6) is 0 Å². The molecule has 22 heavy (non-hydrogen) atoms. The molecule has 2 amide bonds. The third kappa shape index (κ3) is 5.95. The summed E-state index contributed by atoms with van der Waals surface area (Å²) in [5, 5.41) is 11.6. The van der Waals surface area contributed by atoms with Gasteiger partial charge in [0, 0.05) is 25.6 Å². The highest BCUT2D eigenvalue weighted by molar-refractivity contribution is 5.95. The molecule has 0 atom stereocenters. The van der Waals surface area contributed by atoms with Crippen molar-refractivity contribution in [2.75, 3.05) is 13.1 Å². The van der Waals surface area contributed by atoms with Crippen LogP contribution in [0, 0.1) is 5.92 Å². The molecule has 0 bridgehead atoms. The molecule has 0 saturated heterocycles. The van der Waals surface area contributed by atoms with Crippen LogP contribution >= 0.6 is 0 Å². The minimum absolute atomic E-state index is 0.121. The minimum Gasteiger partial charge on any atom is -0.480 e. The molecule has 0 heterocycles. The Kier molecular flexibility index (Phi) is 6.56. The fourth-order valence-electron chi connectivity index (χ4n) is 2.00. The zero-order valence-corrected chi connectivity index (χ0v) is 13.1. The van der Waals surface area contributed by atoms with Crippen molar-refractivity contribution in [2.45, 2.75) is 27.3 Å². The second kappa shape index (κ2) is 8.17. The van der Waals surface area contributed by atoms with E-state index >= 15 is 0 Å². The van der Waals surface area contributed by atoms with Crippen molar-refractivity contribution < 1.29 is 19.5 Å². The van der Waals surface area contributed by atoms with Gasteiger partial charge in [-0.3, -0.25) is 14.4 Å². The maximum Gasteiger partial charge on any atom is 0.323 e. The number of rotatable bonds is 7. The summed E-state index contributed by atoms with van der Waals surface area (Å²) in [4.78, 5) is 35.5. The zero-order chi connectivity index (χ0) is 16.7. The minimum atomic E-state index is -1.03. The molecule has 0 radical (unpaired) electrons. The van der Waals surface area contributed by atoms with Crippen LogP contribution in [0.4, 0.5) is 0 Å². The van der Waals surface area contributed by atoms with E-state index in [4.69, 9.17) is 5.11 Å². The van der Waals surface area contributed by atoms with Gasteiger partial charge in [0.25, 0.3) is 5.91 Å². The Bertz CT molecular complexity index is 538. The van der Waals surface area contributed by atoms with E-state index in [2.05, 4.69) is 5.32 Å². The number of nitrogens with zero attached hydrogens (tertiary/aromatic N) is 1. The van der Waals surface area contributed by atoms with Gasteiger partial charge in [-0.1, -0.05) is 26.0 Å². The highest BCUT2D eigenvalue weighted by atomic mass is 16.4. The van der Waals surface area contributed by atoms with E-state index in [0.717, 1.165) is 5.56 Å². The van der Waals surface area contributed by atoms with E-state index in [-0.39, 0.29) is 24.3 Å². The number of hydrogen-bond donors (Lipinski definition) is 2. The van der Waals surface area contributed by atoms with Gasteiger partial charge in [-0.25, -0.2) is 0 Å². The molecule has 1 aromatic carbocycles. The standard InChI is InChI=1S/C16H22N2O4/c1-11(2)9-18(10-15(20)21)16(22)14-6-4-13(5-7-14)8-17-12(3)19/h4-7,11H,8-10H2,1-3H3,(H,17,19)(H,20,21). The van der Waals surface area contributed by atoms with Gasteiger partial charge in [-0.15, -0.1) is 0 Å². The van der Waals surface area contributed by atoms with Gasteiger partial charge in [-0.05, 0) is 23.6 Å². The fourth-order valence-corrected chi connectivity index (χ4v) is 2.00. The van der Waals surface area contributed by atoms with E-state index in [1.54, 1.807) is 24.3 Å².